The molecule has 0 aliphatic rings. The summed E-state index contributed by atoms with van der Waals surface area (Å²) in [5.41, 5.74) is 3.45. The molecule has 1 heterocycles. The van der Waals surface area contributed by atoms with Gasteiger partial charge in [-0.1, -0.05) is 42.5 Å². The lowest BCUT2D eigenvalue weighted by molar-refractivity contribution is -0.118. The van der Waals surface area contributed by atoms with E-state index in [0.29, 0.717) is 13.0 Å². The molecule has 0 fully saturated rings. The van der Waals surface area contributed by atoms with Crippen molar-refractivity contribution in [2.75, 3.05) is 0 Å². The van der Waals surface area contributed by atoms with Crippen molar-refractivity contribution in [3.05, 3.63) is 71.9 Å². The molecule has 0 saturated carbocycles. The zero-order valence-electron chi connectivity index (χ0n) is 11.5. The van der Waals surface area contributed by atoms with E-state index in [1.807, 2.05) is 47.2 Å². The number of hydrogen-bond donors (Lipinski definition) is 0. The monoisotopic (exact) mass is 263 g/mol. The number of Topliss-reactive ketones (excluding diaryl/α,β-unsaturated/α-hetero) is 1. The van der Waals surface area contributed by atoms with Crippen molar-refractivity contribution >= 4 is 16.7 Å². The van der Waals surface area contributed by atoms with Gasteiger partial charge in [-0.15, -0.1) is 0 Å². The molecule has 0 spiro atoms. The number of ketones is 1. The maximum absolute atomic E-state index is 12.2. The van der Waals surface area contributed by atoms with Crippen molar-refractivity contribution in [3.63, 3.8) is 0 Å². The molecule has 0 aliphatic carbocycles. The Morgan fingerprint density at radius 2 is 1.80 bits per heavy atom. The van der Waals surface area contributed by atoms with Crippen LogP contribution in [0.4, 0.5) is 0 Å². The molecule has 20 heavy (non-hydrogen) atoms. The molecular formula is C18H17NO. The molecule has 0 atom stereocenters. The maximum atomic E-state index is 12.2. The van der Waals surface area contributed by atoms with Gasteiger partial charge in [0.2, 0.25) is 0 Å². The average Bonchev–Trinajstić information content (AvgIpc) is 2.84. The molecule has 3 rings (SSSR count). The van der Waals surface area contributed by atoms with Crippen molar-refractivity contribution in [2.24, 2.45) is 0 Å². The van der Waals surface area contributed by atoms with Crippen LogP contribution in [-0.4, -0.2) is 10.4 Å². The van der Waals surface area contributed by atoms with E-state index in [2.05, 4.69) is 25.1 Å². The van der Waals surface area contributed by atoms with Crippen LogP contribution in [0.3, 0.4) is 0 Å². The first-order valence-electron chi connectivity index (χ1n) is 6.84. The van der Waals surface area contributed by atoms with Gasteiger partial charge in [0, 0.05) is 23.5 Å². The number of benzene rings is 2. The third kappa shape index (κ3) is 2.50. The Morgan fingerprint density at radius 3 is 2.60 bits per heavy atom. The van der Waals surface area contributed by atoms with E-state index < -0.39 is 0 Å². The number of carbonyl (C=O) groups excluding carboxylic acids is 1. The maximum Gasteiger partial charge on any atom is 0.156 e. The van der Waals surface area contributed by atoms with Gasteiger partial charge in [0.1, 0.15) is 0 Å². The highest BCUT2D eigenvalue weighted by Gasteiger charge is 2.08. The molecular weight excluding hydrogens is 246 g/mol. The highest BCUT2D eigenvalue weighted by Crippen LogP contribution is 2.19. The number of carbonyl (C=O) groups is 1. The van der Waals surface area contributed by atoms with Crippen LogP contribution in [0.2, 0.25) is 0 Å². The summed E-state index contributed by atoms with van der Waals surface area (Å²) in [4.78, 5) is 12.2. The van der Waals surface area contributed by atoms with Gasteiger partial charge < -0.3 is 4.57 Å². The molecule has 0 N–H and O–H groups in total. The summed E-state index contributed by atoms with van der Waals surface area (Å²) in [5, 5.41) is 1.22. The van der Waals surface area contributed by atoms with Gasteiger partial charge in [-0.2, -0.15) is 0 Å². The van der Waals surface area contributed by atoms with Crippen LogP contribution >= 0.6 is 0 Å². The SMILES string of the molecule is Cc1cccc2c1ccn2CC(=O)Cc1ccccc1. The molecule has 100 valence electrons. The minimum Gasteiger partial charge on any atom is -0.340 e. The predicted molar refractivity (Wildman–Crippen MR) is 81.8 cm³/mol. The summed E-state index contributed by atoms with van der Waals surface area (Å²) in [6.45, 7) is 2.53. The Hall–Kier alpha value is -2.35. The Balaban J connectivity index is 1.80. The lowest BCUT2D eigenvalue weighted by Crippen LogP contribution is -2.11. The van der Waals surface area contributed by atoms with E-state index >= 15 is 0 Å². The molecule has 2 heteroatoms. The van der Waals surface area contributed by atoms with Gasteiger partial charge in [0.25, 0.3) is 0 Å². The Labute approximate surface area is 118 Å². The van der Waals surface area contributed by atoms with E-state index in [9.17, 15) is 4.79 Å². The lowest BCUT2D eigenvalue weighted by Gasteiger charge is -2.06. The first-order chi connectivity index (χ1) is 9.74. The van der Waals surface area contributed by atoms with Crippen molar-refractivity contribution in [1.29, 1.82) is 0 Å². The van der Waals surface area contributed by atoms with Gasteiger partial charge in [0.05, 0.1) is 6.54 Å². The third-order valence-corrected chi connectivity index (χ3v) is 3.62. The molecule has 0 aliphatic heterocycles. The smallest absolute Gasteiger partial charge is 0.156 e. The topological polar surface area (TPSA) is 22.0 Å². The average molecular weight is 263 g/mol. The van der Waals surface area contributed by atoms with Gasteiger partial charge in [-0.3, -0.25) is 4.79 Å². The Morgan fingerprint density at radius 1 is 1.00 bits per heavy atom. The molecule has 0 saturated heterocycles. The van der Waals surface area contributed by atoms with Gasteiger partial charge >= 0.3 is 0 Å². The van der Waals surface area contributed by atoms with Crippen LogP contribution in [0.25, 0.3) is 10.9 Å². The molecule has 0 amide bonds. The number of fused-ring (bicyclic) bond motifs is 1. The van der Waals surface area contributed by atoms with Crippen LogP contribution in [0.1, 0.15) is 11.1 Å². The van der Waals surface area contributed by atoms with Crippen molar-refractivity contribution < 1.29 is 4.79 Å². The molecule has 2 nitrogen and oxygen atoms in total. The first-order valence-corrected chi connectivity index (χ1v) is 6.84. The third-order valence-electron chi connectivity index (χ3n) is 3.62. The second kappa shape index (κ2) is 5.33. The van der Waals surface area contributed by atoms with Crippen LogP contribution in [-0.2, 0) is 17.8 Å². The number of rotatable bonds is 4. The summed E-state index contributed by atoms with van der Waals surface area (Å²) in [6.07, 6.45) is 2.49. The standard InChI is InChI=1S/C18H17NO/c1-14-6-5-9-18-17(14)10-11-19(18)13-16(20)12-15-7-3-2-4-8-15/h2-11H,12-13H2,1H3. The fourth-order valence-corrected chi connectivity index (χ4v) is 2.58. The van der Waals surface area contributed by atoms with Crippen LogP contribution in [0, 0.1) is 6.92 Å². The molecule has 2 aromatic carbocycles. The van der Waals surface area contributed by atoms with Crippen molar-refractivity contribution in [3.8, 4) is 0 Å². The van der Waals surface area contributed by atoms with E-state index in [4.69, 9.17) is 0 Å². The zero-order valence-corrected chi connectivity index (χ0v) is 11.5. The van der Waals surface area contributed by atoms with Crippen molar-refractivity contribution in [2.45, 2.75) is 19.9 Å². The molecule has 3 aromatic rings. The van der Waals surface area contributed by atoms with E-state index in [-0.39, 0.29) is 5.78 Å². The van der Waals surface area contributed by atoms with E-state index in [1.54, 1.807) is 0 Å². The Kier molecular flexibility index (Phi) is 3.38. The van der Waals surface area contributed by atoms with Gasteiger partial charge in [-0.25, -0.2) is 0 Å². The van der Waals surface area contributed by atoms with E-state index in [0.717, 1.165) is 11.1 Å². The number of aryl methyl sites for hydroxylation is 1. The summed E-state index contributed by atoms with van der Waals surface area (Å²) < 4.78 is 2.04. The first kappa shape index (κ1) is 12.7. The van der Waals surface area contributed by atoms with Gasteiger partial charge in [-0.05, 0) is 30.2 Å². The number of nitrogens with zero attached hydrogens (tertiary/aromatic N) is 1. The number of aromatic nitrogens is 1. The Bertz CT molecular complexity index is 740. The highest BCUT2D eigenvalue weighted by molar-refractivity contribution is 5.86. The zero-order chi connectivity index (χ0) is 13.9. The normalized spacial score (nSPS) is 10.8. The van der Waals surface area contributed by atoms with Crippen molar-refractivity contribution in [1.82, 2.24) is 4.57 Å². The molecule has 0 bridgehead atoms. The fraction of sp³-hybridized carbons (Fsp3) is 0.167. The van der Waals surface area contributed by atoms with Crippen LogP contribution in [0.15, 0.2) is 60.8 Å². The summed E-state index contributed by atoms with van der Waals surface area (Å²) in [6, 6.07) is 18.2. The van der Waals surface area contributed by atoms with Crippen LogP contribution in [0.5, 0.6) is 0 Å². The summed E-state index contributed by atoms with van der Waals surface area (Å²) >= 11 is 0. The minimum atomic E-state index is 0.232. The molecule has 1 aromatic heterocycles. The molecule has 0 radical (unpaired) electrons. The minimum absolute atomic E-state index is 0.232. The lowest BCUT2D eigenvalue weighted by atomic mass is 10.1. The fourth-order valence-electron chi connectivity index (χ4n) is 2.58. The quantitative estimate of drug-likeness (QED) is 0.702. The van der Waals surface area contributed by atoms with E-state index in [1.165, 1.54) is 10.9 Å². The van der Waals surface area contributed by atoms with Gasteiger partial charge in [0.15, 0.2) is 5.78 Å². The molecule has 0 unspecified atom stereocenters. The highest BCUT2D eigenvalue weighted by atomic mass is 16.1. The predicted octanol–water partition coefficient (Wildman–Crippen LogP) is 3.76. The second-order valence-corrected chi connectivity index (χ2v) is 5.15. The largest absolute Gasteiger partial charge is 0.340 e. The summed E-state index contributed by atoms with van der Waals surface area (Å²) in [5.74, 6) is 0.232. The van der Waals surface area contributed by atoms with Crippen LogP contribution < -0.4 is 0 Å². The summed E-state index contributed by atoms with van der Waals surface area (Å²) in [7, 11) is 0. The number of hydrogen-bond acceptors (Lipinski definition) is 1. The second-order valence-electron chi connectivity index (χ2n) is 5.15.